The minimum Gasteiger partial charge on any atom is -0.463 e. The average Bonchev–Trinajstić information content (AvgIpc) is 2.35. The number of rotatable bonds is 3. The molecule has 0 atom stereocenters. The molecule has 0 bridgehead atoms. The van der Waals surface area contributed by atoms with Gasteiger partial charge in [-0.25, -0.2) is 4.79 Å². The van der Waals surface area contributed by atoms with Crippen LogP contribution in [-0.2, 0) is 9.53 Å². The molecular formula is C13H11NO4. The predicted octanol–water partition coefficient (Wildman–Crippen LogP) is 2.07. The molecule has 0 radical (unpaired) electrons. The van der Waals surface area contributed by atoms with E-state index in [0.29, 0.717) is 12.2 Å². The number of nitro benzene ring substituents is 1. The zero-order valence-electron chi connectivity index (χ0n) is 9.75. The Morgan fingerprint density at radius 2 is 2.11 bits per heavy atom. The fourth-order valence-electron chi connectivity index (χ4n) is 1.09. The molecule has 0 aliphatic heterocycles. The van der Waals surface area contributed by atoms with Gasteiger partial charge in [-0.1, -0.05) is 11.8 Å². The molecule has 5 nitrogen and oxygen atoms in total. The van der Waals surface area contributed by atoms with Gasteiger partial charge in [0, 0.05) is 23.8 Å². The van der Waals surface area contributed by atoms with Crippen LogP contribution < -0.4 is 0 Å². The number of ether oxygens (including phenoxy) is 1. The average molecular weight is 245 g/mol. The first-order valence-electron chi connectivity index (χ1n) is 5.22. The number of hydrogen-bond donors (Lipinski definition) is 0. The summed E-state index contributed by atoms with van der Waals surface area (Å²) in [5.41, 5.74) is 0.650. The smallest absolute Gasteiger partial charge is 0.331 e. The summed E-state index contributed by atoms with van der Waals surface area (Å²) in [5, 5.41) is 10.4. The lowest BCUT2D eigenvalue weighted by Gasteiger charge is -1.92. The lowest BCUT2D eigenvalue weighted by molar-refractivity contribution is -0.384. The van der Waals surface area contributed by atoms with Crippen molar-refractivity contribution in [3.05, 3.63) is 52.1 Å². The maximum Gasteiger partial charge on any atom is 0.331 e. The number of hydrogen-bond acceptors (Lipinski definition) is 4. The van der Waals surface area contributed by atoms with Crippen molar-refractivity contribution in [3.8, 4) is 11.8 Å². The van der Waals surface area contributed by atoms with E-state index in [1.807, 2.05) is 0 Å². The molecule has 1 aromatic carbocycles. The van der Waals surface area contributed by atoms with E-state index in [1.165, 1.54) is 24.3 Å². The molecule has 0 saturated carbocycles. The molecule has 0 aliphatic rings. The van der Waals surface area contributed by atoms with Crippen LogP contribution in [0.2, 0.25) is 0 Å². The van der Waals surface area contributed by atoms with Crippen molar-refractivity contribution < 1.29 is 14.5 Å². The highest BCUT2D eigenvalue weighted by Crippen LogP contribution is 2.10. The Balaban J connectivity index is 2.63. The van der Waals surface area contributed by atoms with Gasteiger partial charge in [0.1, 0.15) is 0 Å². The van der Waals surface area contributed by atoms with Gasteiger partial charge in [0.05, 0.1) is 11.5 Å². The highest BCUT2D eigenvalue weighted by atomic mass is 16.6. The van der Waals surface area contributed by atoms with E-state index in [4.69, 9.17) is 0 Å². The molecule has 5 heteroatoms. The maximum absolute atomic E-state index is 10.9. The molecule has 0 aliphatic carbocycles. The molecule has 0 unspecified atom stereocenters. The first kappa shape index (κ1) is 13.5. The molecule has 0 amide bonds. The molecule has 1 rings (SSSR count). The van der Waals surface area contributed by atoms with Crippen molar-refractivity contribution >= 4 is 11.7 Å². The second-order valence-electron chi connectivity index (χ2n) is 3.16. The summed E-state index contributed by atoms with van der Waals surface area (Å²) >= 11 is 0. The van der Waals surface area contributed by atoms with Crippen molar-refractivity contribution in [2.45, 2.75) is 6.92 Å². The summed E-state index contributed by atoms with van der Waals surface area (Å²) in [5.74, 6) is 4.93. The molecule has 92 valence electrons. The van der Waals surface area contributed by atoms with Crippen molar-refractivity contribution in [3.63, 3.8) is 0 Å². The Bertz CT molecular complexity index is 520. The van der Waals surface area contributed by atoms with Crippen LogP contribution in [0.25, 0.3) is 0 Å². The van der Waals surface area contributed by atoms with E-state index < -0.39 is 10.9 Å². The quantitative estimate of drug-likeness (QED) is 0.269. The number of allylic oxidation sites excluding steroid dienone is 1. The summed E-state index contributed by atoms with van der Waals surface area (Å²) < 4.78 is 4.67. The number of non-ortho nitro benzene ring substituents is 1. The normalized spacial score (nSPS) is 9.61. The monoisotopic (exact) mass is 245 g/mol. The van der Waals surface area contributed by atoms with E-state index in [2.05, 4.69) is 16.6 Å². The predicted molar refractivity (Wildman–Crippen MR) is 65.7 cm³/mol. The van der Waals surface area contributed by atoms with E-state index >= 15 is 0 Å². The molecule has 0 aromatic heterocycles. The lowest BCUT2D eigenvalue weighted by atomic mass is 10.2. The maximum atomic E-state index is 10.9. The fourth-order valence-corrected chi connectivity index (χ4v) is 1.09. The topological polar surface area (TPSA) is 69.4 Å². The van der Waals surface area contributed by atoms with Crippen molar-refractivity contribution in [1.82, 2.24) is 0 Å². The van der Waals surface area contributed by atoms with Crippen LogP contribution in [0.15, 0.2) is 36.4 Å². The van der Waals surface area contributed by atoms with E-state index in [9.17, 15) is 14.9 Å². The standard InChI is InChI=1S/C13H11NO4/c1-2-18-13(15)6-4-3-5-11-7-9-12(10-8-11)14(16)17/h4,6-10H,2H2,1H3. The summed E-state index contributed by atoms with van der Waals surface area (Å²) in [6.07, 6.45) is 2.60. The molecule has 0 N–H and O–H groups in total. The summed E-state index contributed by atoms with van der Waals surface area (Å²) in [6, 6.07) is 5.84. The van der Waals surface area contributed by atoms with Gasteiger partial charge in [-0.2, -0.15) is 0 Å². The number of benzene rings is 1. The molecule has 18 heavy (non-hydrogen) atoms. The highest BCUT2D eigenvalue weighted by Gasteiger charge is 2.01. The minimum atomic E-state index is -0.474. The molecular weight excluding hydrogens is 234 g/mol. The Hall–Kier alpha value is -2.61. The zero-order chi connectivity index (χ0) is 13.4. The molecule has 0 heterocycles. The largest absolute Gasteiger partial charge is 0.463 e. The van der Waals surface area contributed by atoms with Gasteiger partial charge in [0.15, 0.2) is 0 Å². The Morgan fingerprint density at radius 3 is 2.67 bits per heavy atom. The molecule has 0 saturated heterocycles. The van der Waals surface area contributed by atoms with Gasteiger partial charge >= 0.3 is 5.97 Å². The van der Waals surface area contributed by atoms with Crippen molar-refractivity contribution in [2.75, 3.05) is 6.61 Å². The fraction of sp³-hybridized carbons (Fsp3) is 0.154. The van der Waals surface area contributed by atoms with Crippen LogP contribution in [0, 0.1) is 22.0 Å². The third-order valence-corrected chi connectivity index (χ3v) is 1.88. The van der Waals surface area contributed by atoms with Crippen LogP contribution in [0.5, 0.6) is 0 Å². The summed E-state index contributed by atoms with van der Waals surface area (Å²) in [7, 11) is 0. The highest BCUT2D eigenvalue weighted by molar-refractivity contribution is 5.82. The molecule has 0 fully saturated rings. The van der Waals surface area contributed by atoms with E-state index in [0.717, 1.165) is 0 Å². The van der Waals surface area contributed by atoms with Gasteiger partial charge in [-0.15, -0.1) is 0 Å². The van der Waals surface area contributed by atoms with Gasteiger partial charge < -0.3 is 4.74 Å². The third kappa shape index (κ3) is 4.49. The van der Waals surface area contributed by atoms with Crippen LogP contribution in [0.1, 0.15) is 12.5 Å². The second kappa shape index (κ2) is 6.86. The second-order valence-corrected chi connectivity index (χ2v) is 3.16. The third-order valence-electron chi connectivity index (χ3n) is 1.88. The Labute approximate surface area is 104 Å². The Kier molecular flexibility index (Phi) is 5.13. The van der Waals surface area contributed by atoms with E-state index in [1.54, 1.807) is 19.1 Å². The lowest BCUT2D eigenvalue weighted by Crippen LogP contribution is -1.98. The van der Waals surface area contributed by atoms with E-state index in [-0.39, 0.29) is 5.69 Å². The van der Waals surface area contributed by atoms with Crippen LogP contribution >= 0.6 is 0 Å². The van der Waals surface area contributed by atoms with Crippen molar-refractivity contribution in [1.29, 1.82) is 0 Å². The number of esters is 1. The first-order valence-corrected chi connectivity index (χ1v) is 5.22. The molecule has 1 aromatic rings. The van der Waals surface area contributed by atoms with Gasteiger partial charge in [0.2, 0.25) is 0 Å². The number of nitrogens with zero attached hydrogens (tertiary/aromatic N) is 1. The summed E-state index contributed by atoms with van der Waals surface area (Å²) in [6.45, 7) is 2.03. The Morgan fingerprint density at radius 1 is 1.44 bits per heavy atom. The SMILES string of the molecule is CCOC(=O)C=CC#Cc1ccc([N+](=O)[O-])cc1. The van der Waals surface area contributed by atoms with Crippen LogP contribution in [0.4, 0.5) is 5.69 Å². The van der Waals surface area contributed by atoms with Crippen LogP contribution in [0.3, 0.4) is 0 Å². The van der Waals surface area contributed by atoms with Gasteiger partial charge in [-0.05, 0) is 25.1 Å². The van der Waals surface area contributed by atoms with Gasteiger partial charge in [-0.3, -0.25) is 10.1 Å². The number of nitro groups is 1. The zero-order valence-corrected chi connectivity index (χ0v) is 9.75. The number of carbonyl (C=O) groups is 1. The number of carbonyl (C=O) groups excluding carboxylic acids is 1. The van der Waals surface area contributed by atoms with Crippen LogP contribution in [-0.4, -0.2) is 17.5 Å². The van der Waals surface area contributed by atoms with Gasteiger partial charge in [0.25, 0.3) is 5.69 Å². The molecule has 0 spiro atoms. The van der Waals surface area contributed by atoms with Crippen molar-refractivity contribution in [2.24, 2.45) is 0 Å². The first-order chi connectivity index (χ1) is 8.63. The minimum absolute atomic E-state index is 0.0163. The summed E-state index contributed by atoms with van der Waals surface area (Å²) in [4.78, 5) is 20.9.